The van der Waals surface area contributed by atoms with Gasteiger partial charge in [-0.05, 0) is 19.3 Å². The average molecular weight is 186 g/mol. The van der Waals surface area contributed by atoms with Gasteiger partial charge in [0.25, 0.3) is 0 Å². The predicted molar refractivity (Wildman–Crippen MR) is 43.6 cm³/mol. The van der Waals surface area contributed by atoms with E-state index >= 15 is 0 Å². The van der Waals surface area contributed by atoms with E-state index in [1.54, 1.807) is 0 Å². The van der Waals surface area contributed by atoms with Gasteiger partial charge in [0.2, 0.25) is 0 Å². The zero-order valence-electron chi connectivity index (χ0n) is 7.45. The number of cyclic esters (lactones) is 1. The first-order valence-electron chi connectivity index (χ1n) is 4.66. The molecule has 1 saturated heterocycles. The van der Waals surface area contributed by atoms with Gasteiger partial charge in [-0.2, -0.15) is 0 Å². The van der Waals surface area contributed by atoms with Crippen molar-refractivity contribution in [2.45, 2.75) is 37.9 Å². The molecule has 0 amide bonds. The number of ether oxygens (including phenoxy) is 1. The molecule has 2 N–H and O–H groups in total. The average Bonchev–Trinajstić information content (AvgIpc) is 2.41. The Labute approximate surface area is 76.5 Å². The van der Waals surface area contributed by atoms with E-state index in [1.165, 1.54) is 0 Å². The Balaban J connectivity index is 2.08. The third-order valence-electron chi connectivity index (χ3n) is 3.25. The summed E-state index contributed by atoms with van der Waals surface area (Å²) >= 11 is 0. The van der Waals surface area contributed by atoms with Crippen LogP contribution in [-0.4, -0.2) is 28.6 Å². The minimum Gasteiger partial charge on any atom is -0.465 e. The van der Waals surface area contributed by atoms with Gasteiger partial charge in [0.15, 0.2) is 5.79 Å². The zero-order valence-corrected chi connectivity index (χ0v) is 7.45. The van der Waals surface area contributed by atoms with Gasteiger partial charge < -0.3 is 14.9 Å². The van der Waals surface area contributed by atoms with E-state index in [1.807, 2.05) is 0 Å². The summed E-state index contributed by atoms with van der Waals surface area (Å²) in [4.78, 5) is 11.4. The van der Waals surface area contributed by atoms with Gasteiger partial charge in [-0.1, -0.05) is 0 Å². The molecule has 1 aliphatic carbocycles. The maximum atomic E-state index is 11.4. The van der Waals surface area contributed by atoms with Crippen LogP contribution in [0.25, 0.3) is 0 Å². The number of carbonyl (C=O) groups excluding carboxylic acids is 1. The Bertz CT molecular complexity index is 224. The normalized spacial score (nSPS) is 30.5. The zero-order chi connectivity index (χ0) is 9.53. The molecule has 0 aromatic carbocycles. The lowest BCUT2D eigenvalue weighted by atomic mass is 9.71. The molecule has 1 heterocycles. The van der Waals surface area contributed by atoms with Crippen molar-refractivity contribution in [3.63, 3.8) is 0 Å². The SMILES string of the molecule is O=C1OCCC12CCC(O)(O)CC2. The number of hydrogen-bond donors (Lipinski definition) is 2. The quantitative estimate of drug-likeness (QED) is 0.418. The first-order chi connectivity index (χ1) is 6.04. The highest BCUT2D eigenvalue weighted by atomic mass is 16.5. The fourth-order valence-electron chi connectivity index (χ4n) is 2.18. The summed E-state index contributed by atoms with van der Waals surface area (Å²) in [5.74, 6) is -1.71. The predicted octanol–water partition coefficient (Wildman–Crippen LogP) is 0.175. The number of carbonyl (C=O) groups is 1. The van der Waals surface area contributed by atoms with Crippen molar-refractivity contribution >= 4 is 5.97 Å². The first kappa shape index (κ1) is 8.97. The first-order valence-corrected chi connectivity index (χ1v) is 4.66. The van der Waals surface area contributed by atoms with Crippen LogP contribution in [-0.2, 0) is 9.53 Å². The molecular weight excluding hydrogens is 172 g/mol. The van der Waals surface area contributed by atoms with E-state index in [4.69, 9.17) is 4.74 Å². The summed E-state index contributed by atoms with van der Waals surface area (Å²) < 4.78 is 4.91. The third kappa shape index (κ3) is 1.44. The molecule has 2 rings (SSSR count). The fourth-order valence-corrected chi connectivity index (χ4v) is 2.18. The molecule has 4 heteroatoms. The fraction of sp³-hybridized carbons (Fsp3) is 0.889. The summed E-state index contributed by atoms with van der Waals surface area (Å²) in [6.45, 7) is 0.489. The Morgan fingerprint density at radius 2 is 1.69 bits per heavy atom. The van der Waals surface area contributed by atoms with E-state index in [2.05, 4.69) is 0 Å². The highest BCUT2D eigenvalue weighted by molar-refractivity contribution is 5.78. The van der Waals surface area contributed by atoms with Crippen LogP contribution in [0.1, 0.15) is 32.1 Å². The van der Waals surface area contributed by atoms with Crippen LogP contribution in [0, 0.1) is 5.41 Å². The minimum absolute atomic E-state index is 0.150. The Morgan fingerprint density at radius 3 is 2.15 bits per heavy atom. The largest absolute Gasteiger partial charge is 0.465 e. The standard InChI is InChI=1S/C9H14O4/c10-7-8(5-6-13-7)1-3-9(11,12)4-2-8/h11-12H,1-6H2. The Hall–Kier alpha value is -0.610. The van der Waals surface area contributed by atoms with Crippen molar-refractivity contribution in [2.24, 2.45) is 5.41 Å². The van der Waals surface area contributed by atoms with Gasteiger partial charge >= 0.3 is 5.97 Å². The molecule has 2 aliphatic rings. The molecule has 0 aromatic rings. The second-order valence-electron chi connectivity index (χ2n) is 4.15. The molecule has 0 aromatic heterocycles. The van der Waals surface area contributed by atoms with Crippen molar-refractivity contribution in [3.05, 3.63) is 0 Å². The van der Waals surface area contributed by atoms with Crippen molar-refractivity contribution in [1.82, 2.24) is 0 Å². The highest BCUT2D eigenvalue weighted by Crippen LogP contribution is 2.45. The van der Waals surface area contributed by atoms with Gasteiger partial charge in [0, 0.05) is 12.8 Å². The smallest absolute Gasteiger partial charge is 0.312 e. The Kier molecular flexibility index (Phi) is 1.85. The number of rotatable bonds is 0. The van der Waals surface area contributed by atoms with E-state index < -0.39 is 11.2 Å². The van der Waals surface area contributed by atoms with E-state index in [9.17, 15) is 15.0 Å². The number of aliphatic hydroxyl groups is 2. The van der Waals surface area contributed by atoms with Crippen LogP contribution in [0.15, 0.2) is 0 Å². The molecule has 0 unspecified atom stereocenters. The van der Waals surface area contributed by atoms with Crippen LogP contribution in [0.4, 0.5) is 0 Å². The molecule has 74 valence electrons. The van der Waals surface area contributed by atoms with Gasteiger partial charge in [0.05, 0.1) is 12.0 Å². The number of hydrogen-bond acceptors (Lipinski definition) is 4. The topological polar surface area (TPSA) is 66.8 Å². The molecule has 1 aliphatic heterocycles. The molecule has 2 fully saturated rings. The molecule has 0 bridgehead atoms. The van der Waals surface area contributed by atoms with E-state index in [0.29, 0.717) is 19.4 Å². The molecule has 4 nitrogen and oxygen atoms in total. The summed E-state index contributed by atoms with van der Waals surface area (Å²) in [6, 6.07) is 0. The van der Waals surface area contributed by atoms with Crippen LogP contribution in [0.5, 0.6) is 0 Å². The highest BCUT2D eigenvalue weighted by Gasteiger charge is 2.49. The molecular formula is C9H14O4. The van der Waals surface area contributed by atoms with E-state index in [0.717, 1.165) is 6.42 Å². The summed E-state index contributed by atoms with van der Waals surface area (Å²) in [7, 11) is 0. The second-order valence-corrected chi connectivity index (χ2v) is 4.15. The monoisotopic (exact) mass is 186 g/mol. The van der Waals surface area contributed by atoms with Crippen molar-refractivity contribution in [1.29, 1.82) is 0 Å². The molecule has 1 spiro atoms. The summed E-state index contributed by atoms with van der Waals surface area (Å²) in [5.41, 5.74) is -0.394. The van der Waals surface area contributed by atoms with Gasteiger partial charge in [-0.15, -0.1) is 0 Å². The third-order valence-corrected chi connectivity index (χ3v) is 3.25. The van der Waals surface area contributed by atoms with Crippen molar-refractivity contribution < 1.29 is 19.7 Å². The number of esters is 1. The van der Waals surface area contributed by atoms with Crippen LogP contribution < -0.4 is 0 Å². The van der Waals surface area contributed by atoms with Crippen LogP contribution >= 0.6 is 0 Å². The molecule has 0 atom stereocenters. The van der Waals surface area contributed by atoms with Crippen molar-refractivity contribution in [3.8, 4) is 0 Å². The van der Waals surface area contributed by atoms with E-state index in [-0.39, 0.29) is 18.8 Å². The maximum absolute atomic E-state index is 11.4. The molecule has 1 saturated carbocycles. The maximum Gasteiger partial charge on any atom is 0.312 e. The lowest BCUT2D eigenvalue weighted by molar-refractivity contribution is -0.197. The van der Waals surface area contributed by atoms with Crippen LogP contribution in [0.3, 0.4) is 0 Å². The van der Waals surface area contributed by atoms with Crippen LogP contribution in [0.2, 0.25) is 0 Å². The van der Waals surface area contributed by atoms with Gasteiger partial charge in [-0.3, -0.25) is 4.79 Å². The summed E-state index contributed by atoms with van der Waals surface area (Å²) in [6.07, 6.45) is 2.38. The second kappa shape index (κ2) is 2.69. The molecule has 13 heavy (non-hydrogen) atoms. The molecule has 0 radical (unpaired) electrons. The Morgan fingerprint density at radius 1 is 1.08 bits per heavy atom. The van der Waals surface area contributed by atoms with Gasteiger partial charge in [0.1, 0.15) is 0 Å². The lowest BCUT2D eigenvalue weighted by Gasteiger charge is -2.36. The lowest BCUT2D eigenvalue weighted by Crippen LogP contribution is -2.40. The van der Waals surface area contributed by atoms with Crippen molar-refractivity contribution in [2.75, 3.05) is 6.61 Å². The van der Waals surface area contributed by atoms with Gasteiger partial charge in [-0.25, -0.2) is 0 Å². The summed E-state index contributed by atoms with van der Waals surface area (Å²) in [5, 5.41) is 18.6. The minimum atomic E-state index is -1.56.